The Morgan fingerprint density at radius 2 is 2.23 bits per heavy atom. The van der Waals surface area contributed by atoms with Crippen molar-refractivity contribution in [3.05, 3.63) is 46.5 Å². The number of H-pyrrole nitrogens is 1. The molecule has 0 aliphatic heterocycles. The molecule has 0 spiro atoms. The summed E-state index contributed by atoms with van der Waals surface area (Å²) in [6.45, 7) is 3.75. The molecule has 1 aromatic heterocycles. The van der Waals surface area contributed by atoms with Gasteiger partial charge in [-0.2, -0.15) is 0 Å². The smallest absolute Gasteiger partial charge is 0.238 e. The summed E-state index contributed by atoms with van der Waals surface area (Å²) in [7, 11) is 0. The highest BCUT2D eigenvalue weighted by Gasteiger charge is 2.13. The second-order valence-electron chi connectivity index (χ2n) is 4.92. The minimum absolute atomic E-state index is 0.121. The Bertz CT molecular complexity index is 616. The number of halogens is 2. The Labute approximate surface area is 139 Å². The molecule has 7 heteroatoms. The molecule has 2 rings (SSSR count). The summed E-state index contributed by atoms with van der Waals surface area (Å²) < 4.78 is 0. The van der Waals surface area contributed by atoms with Crippen LogP contribution in [-0.4, -0.2) is 33.9 Å². The molecule has 1 heterocycles. The van der Waals surface area contributed by atoms with Gasteiger partial charge in [0.05, 0.1) is 23.8 Å². The van der Waals surface area contributed by atoms with Crippen molar-refractivity contribution in [3.63, 3.8) is 0 Å². The Kier molecular flexibility index (Phi) is 6.24. The van der Waals surface area contributed by atoms with Crippen LogP contribution in [0.3, 0.4) is 0 Å². The van der Waals surface area contributed by atoms with E-state index in [4.69, 9.17) is 23.2 Å². The first-order valence-corrected chi connectivity index (χ1v) is 7.79. The monoisotopic (exact) mass is 340 g/mol. The lowest BCUT2D eigenvalue weighted by molar-refractivity contribution is -0.117. The molecule has 0 saturated heterocycles. The van der Waals surface area contributed by atoms with E-state index < -0.39 is 0 Å². The van der Waals surface area contributed by atoms with E-state index in [0.29, 0.717) is 22.3 Å². The fourth-order valence-corrected chi connectivity index (χ4v) is 2.57. The Morgan fingerprint density at radius 3 is 2.86 bits per heavy atom. The van der Waals surface area contributed by atoms with Crippen LogP contribution in [0.25, 0.3) is 0 Å². The summed E-state index contributed by atoms with van der Waals surface area (Å²) in [6.07, 6.45) is 4.43. The fourth-order valence-electron chi connectivity index (χ4n) is 2.11. The minimum atomic E-state index is -0.121. The third-order valence-corrected chi connectivity index (χ3v) is 3.59. The molecule has 0 unspecified atom stereocenters. The first kappa shape index (κ1) is 16.8. The van der Waals surface area contributed by atoms with Crippen molar-refractivity contribution >= 4 is 34.8 Å². The molecule has 0 radical (unpaired) electrons. The largest absolute Gasteiger partial charge is 0.348 e. The maximum Gasteiger partial charge on any atom is 0.238 e. The van der Waals surface area contributed by atoms with Crippen molar-refractivity contribution in [2.75, 3.05) is 18.4 Å². The number of nitrogens with one attached hydrogen (secondary N) is 2. The van der Waals surface area contributed by atoms with Gasteiger partial charge in [-0.1, -0.05) is 30.1 Å². The Morgan fingerprint density at radius 1 is 1.41 bits per heavy atom. The van der Waals surface area contributed by atoms with Gasteiger partial charge < -0.3 is 10.3 Å². The molecule has 0 saturated carbocycles. The predicted octanol–water partition coefficient (Wildman–Crippen LogP) is 3.57. The zero-order valence-corrected chi connectivity index (χ0v) is 13.8. The Hall–Kier alpha value is -1.56. The first-order valence-electron chi connectivity index (χ1n) is 7.04. The summed E-state index contributed by atoms with van der Waals surface area (Å²) in [5.41, 5.74) is 0.561. The van der Waals surface area contributed by atoms with E-state index in [2.05, 4.69) is 22.2 Å². The molecule has 0 bridgehead atoms. The zero-order chi connectivity index (χ0) is 15.9. The number of benzene rings is 1. The van der Waals surface area contributed by atoms with E-state index in [9.17, 15) is 4.79 Å². The standard InChI is InChI=1S/C15H18Cl2N4O/c1-2-7-21(9-14-18-5-6-19-14)10-15(22)20-13-4-3-11(16)8-12(13)17/h3-6,8H,2,7,9-10H2,1H3,(H,18,19)(H,20,22). The lowest BCUT2D eigenvalue weighted by atomic mass is 10.3. The van der Waals surface area contributed by atoms with Gasteiger partial charge in [0.2, 0.25) is 5.91 Å². The van der Waals surface area contributed by atoms with Crippen LogP contribution >= 0.6 is 23.2 Å². The minimum Gasteiger partial charge on any atom is -0.348 e. The number of carbonyl (C=O) groups is 1. The lowest BCUT2D eigenvalue weighted by Gasteiger charge is -2.20. The van der Waals surface area contributed by atoms with E-state index in [1.165, 1.54) is 0 Å². The fraction of sp³-hybridized carbons (Fsp3) is 0.333. The molecule has 22 heavy (non-hydrogen) atoms. The second-order valence-corrected chi connectivity index (χ2v) is 5.76. The van der Waals surface area contributed by atoms with Crippen molar-refractivity contribution in [2.24, 2.45) is 0 Å². The zero-order valence-electron chi connectivity index (χ0n) is 12.3. The first-order chi connectivity index (χ1) is 10.6. The molecule has 2 N–H and O–H groups in total. The SMILES string of the molecule is CCCN(CC(=O)Nc1ccc(Cl)cc1Cl)Cc1ncc[nH]1. The van der Waals surface area contributed by atoms with Gasteiger partial charge in [0.1, 0.15) is 5.82 Å². The number of hydrogen-bond donors (Lipinski definition) is 2. The second kappa shape index (κ2) is 8.17. The van der Waals surface area contributed by atoms with Crippen molar-refractivity contribution < 1.29 is 4.79 Å². The van der Waals surface area contributed by atoms with Crippen LogP contribution in [0, 0.1) is 0 Å². The van der Waals surface area contributed by atoms with Crippen LogP contribution in [0.1, 0.15) is 19.2 Å². The normalized spacial score (nSPS) is 10.9. The van der Waals surface area contributed by atoms with E-state index in [1.807, 2.05) is 4.90 Å². The van der Waals surface area contributed by atoms with Crippen LogP contribution in [0.5, 0.6) is 0 Å². The predicted molar refractivity (Wildman–Crippen MR) is 89.2 cm³/mol. The van der Waals surface area contributed by atoms with Crippen LogP contribution in [-0.2, 0) is 11.3 Å². The van der Waals surface area contributed by atoms with E-state index in [0.717, 1.165) is 18.8 Å². The summed E-state index contributed by atoms with van der Waals surface area (Å²) in [6, 6.07) is 4.99. The van der Waals surface area contributed by atoms with Crippen molar-refractivity contribution in [1.82, 2.24) is 14.9 Å². The van der Waals surface area contributed by atoms with Gasteiger partial charge in [-0.25, -0.2) is 4.98 Å². The molecule has 0 atom stereocenters. The maximum absolute atomic E-state index is 12.2. The van der Waals surface area contributed by atoms with Crippen molar-refractivity contribution in [2.45, 2.75) is 19.9 Å². The van der Waals surface area contributed by atoms with Crippen molar-refractivity contribution in [3.8, 4) is 0 Å². The van der Waals surface area contributed by atoms with E-state index in [1.54, 1.807) is 30.6 Å². The number of rotatable bonds is 7. The number of anilines is 1. The molecule has 0 fully saturated rings. The van der Waals surface area contributed by atoms with Gasteiger partial charge in [0.25, 0.3) is 0 Å². The number of nitrogens with zero attached hydrogens (tertiary/aromatic N) is 2. The average molecular weight is 341 g/mol. The van der Waals surface area contributed by atoms with Gasteiger partial charge in [-0.05, 0) is 31.2 Å². The molecule has 118 valence electrons. The summed E-state index contributed by atoms with van der Waals surface area (Å²) in [4.78, 5) is 21.4. The average Bonchev–Trinajstić information content (AvgIpc) is 2.95. The van der Waals surface area contributed by atoms with Crippen LogP contribution < -0.4 is 5.32 Å². The highest BCUT2D eigenvalue weighted by Crippen LogP contribution is 2.25. The number of carbonyl (C=O) groups excluding carboxylic acids is 1. The Balaban J connectivity index is 1.95. The van der Waals surface area contributed by atoms with Crippen molar-refractivity contribution in [1.29, 1.82) is 0 Å². The van der Waals surface area contributed by atoms with Gasteiger partial charge in [0.15, 0.2) is 0 Å². The molecule has 1 aromatic carbocycles. The van der Waals surface area contributed by atoms with Gasteiger partial charge in [0, 0.05) is 17.4 Å². The molecular weight excluding hydrogens is 323 g/mol. The third kappa shape index (κ3) is 5.02. The number of imidazole rings is 1. The number of amides is 1. The highest BCUT2D eigenvalue weighted by molar-refractivity contribution is 6.36. The number of hydrogen-bond acceptors (Lipinski definition) is 3. The molecule has 1 amide bonds. The van der Waals surface area contributed by atoms with Crippen LogP contribution in [0.4, 0.5) is 5.69 Å². The molecule has 5 nitrogen and oxygen atoms in total. The summed E-state index contributed by atoms with van der Waals surface area (Å²) in [5, 5.41) is 3.76. The van der Waals surface area contributed by atoms with Gasteiger partial charge >= 0.3 is 0 Å². The molecular formula is C15H18Cl2N4O. The van der Waals surface area contributed by atoms with Gasteiger partial charge in [-0.3, -0.25) is 9.69 Å². The third-order valence-electron chi connectivity index (χ3n) is 3.04. The topological polar surface area (TPSA) is 61.0 Å². The summed E-state index contributed by atoms with van der Waals surface area (Å²) >= 11 is 11.9. The van der Waals surface area contributed by atoms with E-state index in [-0.39, 0.29) is 12.5 Å². The maximum atomic E-state index is 12.2. The van der Waals surface area contributed by atoms with Crippen LogP contribution in [0.15, 0.2) is 30.6 Å². The van der Waals surface area contributed by atoms with E-state index >= 15 is 0 Å². The number of aromatic nitrogens is 2. The number of aromatic amines is 1. The van der Waals surface area contributed by atoms with Gasteiger partial charge in [-0.15, -0.1) is 0 Å². The molecule has 2 aromatic rings. The quantitative estimate of drug-likeness (QED) is 0.809. The lowest BCUT2D eigenvalue weighted by Crippen LogP contribution is -2.33. The summed E-state index contributed by atoms with van der Waals surface area (Å²) in [5.74, 6) is 0.718. The molecule has 0 aliphatic rings. The van der Waals surface area contributed by atoms with Crippen LogP contribution in [0.2, 0.25) is 10.0 Å². The highest BCUT2D eigenvalue weighted by atomic mass is 35.5. The molecule has 0 aliphatic carbocycles.